The van der Waals surface area contributed by atoms with Gasteiger partial charge in [0, 0.05) is 16.8 Å². The summed E-state index contributed by atoms with van der Waals surface area (Å²) in [5, 5.41) is 3.17. The Bertz CT molecular complexity index is 1150. The average Bonchev–Trinajstić information content (AvgIpc) is 3.14. The minimum Gasteiger partial charge on any atom is -0.296 e. The van der Waals surface area contributed by atoms with Gasteiger partial charge in [-0.2, -0.15) is 8.42 Å². The first-order valence-corrected chi connectivity index (χ1v) is 11.7. The number of rotatable bonds is 7. The number of hydrogen-bond donors (Lipinski definition) is 1. The SMILES string of the molecule is CC(C)c1nc(NC(=O)c2ccccn2)sc1S(=O)(=O)OC(C)c1ccccc1Cl. The molecule has 0 aliphatic rings. The molecular weight excluding hydrogens is 446 g/mol. The quantitative estimate of drug-likeness (QED) is 0.491. The van der Waals surface area contributed by atoms with Crippen LogP contribution in [-0.4, -0.2) is 24.3 Å². The van der Waals surface area contributed by atoms with Crippen LogP contribution in [0.5, 0.6) is 0 Å². The van der Waals surface area contributed by atoms with Crippen LogP contribution in [0.3, 0.4) is 0 Å². The molecule has 0 fully saturated rings. The topological polar surface area (TPSA) is 98.3 Å². The minimum atomic E-state index is -4.15. The summed E-state index contributed by atoms with van der Waals surface area (Å²) in [5.41, 5.74) is 1.08. The van der Waals surface area contributed by atoms with Crippen molar-refractivity contribution >= 4 is 44.1 Å². The second-order valence-corrected chi connectivity index (χ2v) is 9.90. The molecule has 10 heteroatoms. The molecular formula is C20H20ClN3O4S2. The van der Waals surface area contributed by atoms with Crippen molar-refractivity contribution < 1.29 is 17.4 Å². The summed E-state index contributed by atoms with van der Waals surface area (Å²) < 4.78 is 31.4. The van der Waals surface area contributed by atoms with Crippen LogP contribution in [0.4, 0.5) is 5.13 Å². The smallest absolute Gasteiger partial charge is 0.296 e. The molecule has 1 aromatic carbocycles. The van der Waals surface area contributed by atoms with Crippen molar-refractivity contribution in [2.45, 2.75) is 37.0 Å². The van der Waals surface area contributed by atoms with E-state index in [1.165, 1.54) is 6.20 Å². The van der Waals surface area contributed by atoms with Gasteiger partial charge in [0.25, 0.3) is 5.91 Å². The van der Waals surface area contributed by atoms with Gasteiger partial charge in [0.2, 0.25) is 0 Å². The summed E-state index contributed by atoms with van der Waals surface area (Å²) in [6, 6.07) is 11.8. The van der Waals surface area contributed by atoms with Crippen LogP contribution < -0.4 is 5.32 Å². The van der Waals surface area contributed by atoms with E-state index >= 15 is 0 Å². The number of benzene rings is 1. The molecule has 2 aromatic heterocycles. The van der Waals surface area contributed by atoms with Crippen molar-refractivity contribution in [2.24, 2.45) is 0 Å². The van der Waals surface area contributed by atoms with Crippen LogP contribution in [0, 0.1) is 0 Å². The third-order valence-electron chi connectivity index (χ3n) is 4.13. The Morgan fingerprint density at radius 2 is 1.83 bits per heavy atom. The maximum Gasteiger partial charge on any atom is 0.309 e. The highest BCUT2D eigenvalue weighted by molar-refractivity contribution is 7.89. The highest BCUT2D eigenvalue weighted by atomic mass is 35.5. The van der Waals surface area contributed by atoms with E-state index in [0.29, 0.717) is 16.3 Å². The van der Waals surface area contributed by atoms with Crippen molar-refractivity contribution in [1.82, 2.24) is 9.97 Å². The third kappa shape index (κ3) is 5.04. The molecule has 1 unspecified atom stereocenters. The first-order chi connectivity index (χ1) is 14.2. The van der Waals surface area contributed by atoms with Gasteiger partial charge < -0.3 is 0 Å². The van der Waals surface area contributed by atoms with Gasteiger partial charge in [-0.25, -0.2) is 4.98 Å². The van der Waals surface area contributed by atoms with Crippen LogP contribution >= 0.6 is 22.9 Å². The molecule has 3 rings (SSSR count). The molecule has 1 amide bonds. The van der Waals surface area contributed by atoms with E-state index in [4.69, 9.17) is 15.8 Å². The number of amides is 1. The fraction of sp³-hybridized carbons (Fsp3) is 0.250. The van der Waals surface area contributed by atoms with Crippen LogP contribution in [0.25, 0.3) is 0 Å². The third-order valence-corrected chi connectivity index (χ3v) is 7.32. The maximum absolute atomic E-state index is 13.0. The second kappa shape index (κ2) is 9.22. The van der Waals surface area contributed by atoms with Crippen molar-refractivity contribution in [3.8, 4) is 0 Å². The molecule has 0 aliphatic carbocycles. The summed E-state index contributed by atoms with van der Waals surface area (Å²) in [4.78, 5) is 20.6. The first-order valence-electron chi connectivity index (χ1n) is 9.10. The molecule has 0 saturated heterocycles. The van der Waals surface area contributed by atoms with Crippen LogP contribution in [0.1, 0.15) is 54.5 Å². The molecule has 158 valence electrons. The van der Waals surface area contributed by atoms with Gasteiger partial charge in [-0.1, -0.05) is 61.1 Å². The largest absolute Gasteiger partial charge is 0.309 e. The van der Waals surface area contributed by atoms with E-state index in [0.717, 1.165) is 11.3 Å². The molecule has 1 N–H and O–H groups in total. The molecule has 7 nitrogen and oxygen atoms in total. The summed E-state index contributed by atoms with van der Waals surface area (Å²) in [6.45, 7) is 5.24. The van der Waals surface area contributed by atoms with Crippen molar-refractivity contribution in [2.75, 3.05) is 5.32 Å². The number of nitrogens with one attached hydrogen (secondary N) is 1. The summed E-state index contributed by atoms with van der Waals surface area (Å²) in [6.07, 6.45) is 0.702. The lowest BCUT2D eigenvalue weighted by atomic mass is 10.1. The molecule has 0 saturated carbocycles. The monoisotopic (exact) mass is 465 g/mol. The van der Waals surface area contributed by atoms with Gasteiger partial charge in [0.15, 0.2) is 9.34 Å². The van der Waals surface area contributed by atoms with E-state index < -0.39 is 22.1 Å². The normalized spacial score (nSPS) is 12.7. The Labute approximate surface area is 184 Å². The van der Waals surface area contributed by atoms with Crippen LogP contribution in [0.2, 0.25) is 5.02 Å². The maximum atomic E-state index is 13.0. The standard InChI is InChI=1S/C20H20ClN3O4S2/c1-12(2)17-19(29-20(23-17)24-18(25)16-10-6-7-11-22-16)30(26,27)28-13(3)14-8-4-5-9-15(14)21/h4-13H,1-3H3,(H,23,24,25). The number of hydrogen-bond acceptors (Lipinski definition) is 7. The number of thiazole rings is 1. The number of nitrogens with zero attached hydrogens (tertiary/aromatic N) is 2. The molecule has 1 atom stereocenters. The van der Waals surface area contributed by atoms with Crippen LogP contribution in [0.15, 0.2) is 52.9 Å². The zero-order chi connectivity index (χ0) is 21.9. The fourth-order valence-electron chi connectivity index (χ4n) is 2.66. The van der Waals surface area contributed by atoms with E-state index in [2.05, 4.69) is 15.3 Å². The Hall–Kier alpha value is -2.33. The molecule has 0 aliphatic heterocycles. The number of anilines is 1. The molecule has 2 heterocycles. The lowest BCUT2D eigenvalue weighted by Gasteiger charge is -2.15. The van der Waals surface area contributed by atoms with Gasteiger partial charge >= 0.3 is 10.1 Å². The predicted molar refractivity (Wildman–Crippen MR) is 117 cm³/mol. The Morgan fingerprint density at radius 1 is 1.13 bits per heavy atom. The van der Waals surface area contributed by atoms with E-state index in [-0.39, 0.29) is 21.0 Å². The summed E-state index contributed by atoms with van der Waals surface area (Å²) in [7, 11) is -4.15. The molecule has 0 bridgehead atoms. The Balaban J connectivity index is 1.88. The second-order valence-electron chi connectivity index (χ2n) is 6.73. The number of halogens is 1. The number of pyridine rings is 1. The van der Waals surface area contributed by atoms with Gasteiger partial charge in [-0.05, 0) is 31.0 Å². The minimum absolute atomic E-state index is 0.0484. The fourth-order valence-corrected chi connectivity index (χ4v) is 5.67. The number of carbonyl (C=O) groups is 1. The van der Waals surface area contributed by atoms with Gasteiger partial charge in [0.05, 0.1) is 5.69 Å². The summed E-state index contributed by atoms with van der Waals surface area (Å²) >= 11 is 7.00. The average molecular weight is 466 g/mol. The lowest BCUT2D eigenvalue weighted by Crippen LogP contribution is -2.13. The van der Waals surface area contributed by atoms with E-state index in [1.807, 2.05) is 13.8 Å². The van der Waals surface area contributed by atoms with Gasteiger partial charge in [0.1, 0.15) is 11.8 Å². The zero-order valence-electron chi connectivity index (χ0n) is 16.5. The van der Waals surface area contributed by atoms with E-state index in [1.54, 1.807) is 49.4 Å². The molecule has 3 aromatic rings. The molecule has 30 heavy (non-hydrogen) atoms. The first kappa shape index (κ1) is 22.4. The summed E-state index contributed by atoms with van der Waals surface area (Å²) in [5.74, 6) is -0.681. The number of carbonyl (C=O) groups excluding carboxylic acids is 1. The Morgan fingerprint density at radius 3 is 2.47 bits per heavy atom. The van der Waals surface area contributed by atoms with Gasteiger partial charge in [-0.3, -0.25) is 19.3 Å². The Kier molecular flexibility index (Phi) is 6.87. The molecule has 0 radical (unpaired) electrons. The lowest BCUT2D eigenvalue weighted by molar-refractivity contribution is 0.102. The van der Waals surface area contributed by atoms with E-state index in [9.17, 15) is 13.2 Å². The van der Waals surface area contributed by atoms with Crippen LogP contribution in [-0.2, 0) is 14.3 Å². The van der Waals surface area contributed by atoms with Crippen molar-refractivity contribution in [3.63, 3.8) is 0 Å². The highest BCUT2D eigenvalue weighted by Gasteiger charge is 2.30. The predicted octanol–water partition coefficient (Wildman–Crippen LogP) is 5.03. The molecule has 0 spiro atoms. The van der Waals surface area contributed by atoms with Gasteiger partial charge in [-0.15, -0.1) is 0 Å². The highest BCUT2D eigenvalue weighted by Crippen LogP contribution is 2.36. The zero-order valence-corrected chi connectivity index (χ0v) is 18.9. The van der Waals surface area contributed by atoms with Crippen molar-refractivity contribution in [1.29, 1.82) is 0 Å². The van der Waals surface area contributed by atoms with Crippen molar-refractivity contribution in [3.05, 3.63) is 70.6 Å². The number of aromatic nitrogens is 2.